The van der Waals surface area contributed by atoms with Gasteiger partial charge in [0, 0.05) is 17.1 Å². The molecule has 0 bridgehead atoms. The van der Waals surface area contributed by atoms with Crippen LogP contribution in [0.1, 0.15) is 48.6 Å². The minimum absolute atomic E-state index is 0.0608. The number of aliphatic imine (C=N–C) groups is 1. The fourth-order valence-corrected chi connectivity index (χ4v) is 5.44. The Morgan fingerprint density at radius 3 is 2.17 bits per heavy atom. The average molecular weight is 480 g/mol. The van der Waals surface area contributed by atoms with Crippen LogP contribution < -0.4 is 15.3 Å². The molecule has 0 spiro atoms. The summed E-state index contributed by atoms with van der Waals surface area (Å²) in [6, 6.07) is 31.6. The Hall–Kier alpha value is -3.22. The standard InChI is InChI=1S/C32H34NOP/c1-23-13-12-16-26(21-33-28-17-10-7-11-18-28)31(23)35-29-20-27(32(3,4)5)19-24(2)30(29)34-22-25-14-8-6-9-15-25/h6-21,35H,22H2,1-5H3/b33-21+. The molecule has 0 fully saturated rings. The molecule has 0 amide bonds. The SMILES string of the molecule is Cc1cc(C(C)(C)C)cc(Pc2c(C)cccc2/C=N/c2ccccc2)c1OCc1ccccc1. The number of ether oxygens (including phenoxy) is 1. The van der Waals surface area contributed by atoms with Gasteiger partial charge >= 0.3 is 0 Å². The lowest BCUT2D eigenvalue weighted by atomic mass is 9.86. The second-order valence-corrected chi connectivity index (χ2v) is 11.2. The highest BCUT2D eigenvalue weighted by Gasteiger charge is 2.20. The van der Waals surface area contributed by atoms with E-state index in [-0.39, 0.29) is 5.41 Å². The second-order valence-electron chi connectivity index (χ2n) is 9.95. The summed E-state index contributed by atoms with van der Waals surface area (Å²) in [6.07, 6.45) is 2.00. The first-order valence-corrected chi connectivity index (χ1v) is 13.1. The van der Waals surface area contributed by atoms with E-state index in [4.69, 9.17) is 9.73 Å². The van der Waals surface area contributed by atoms with Crippen molar-refractivity contribution in [3.63, 3.8) is 0 Å². The van der Waals surface area contributed by atoms with Crippen LogP contribution in [0.5, 0.6) is 5.75 Å². The van der Waals surface area contributed by atoms with Crippen molar-refractivity contribution in [1.29, 1.82) is 0 Å². The normalized spacial score (nSPS) is 12.0. The van der Waals surface area contributed by atoms with E-state index in [0.29, 0.717) is 15.2 Å². The Morgan fingerprint density at radius 2 is 1.49 bits per heavy atom. The fraction of sp³-hybridized carbons (Fsp3) is 0.219. The van der Waals surface area contributed by atoms with Gasteiger partial charge in [-0.1, -0.05) is 102 Å². The summed E-state index contributed by atoms with van der Waals surface area (Å²) < 4.78 is 6.48. The summed E-state index contributed by atoms with van der Waals surface area (Å²) in [5.74, 6) is 0.995. The maximum atomic E-state index is 6.48. The van der Waals surface area contributed by atoms with E-state index in [1.165, 1.54) is 32.9 Å². The van der Waals surface area contributed by atoms with Crippen molar-refractivity contribution in [2.75, 3.05) is 0 Å². The second kappa shape index (κ2) is 11.0. The highest BCUT2D eigenvalue weighted by Crippen LogP contribution is 2.32. The monoisotopic (exact) mass is 479 g/mol. The van der Waals surface area contributed by atoms with Gasteiger partial charge in [-0.2, -0.15) is 0 Å². The molecule has 2 nitrogen and oxygen atoms in total. The van der Waals surface area contributed by atoms with E-state index >= 15 is 0 Å². The fourth-order valence-electron chi connectivity index (χ4n) is 3.98. The average Bonchev–Trinajstić information content (AvgIpc) is 2.84. The number of rotatable bonds is 7. The number of aryl methyl sites for hydroxylation is 2. The molecule has 178 valence electrons. The van der Waals surface area contributed by atoms with E-state index < -0.39 is 0 Å². The lowest BCUT2D eigenvalue weighted by Gasteiger charge is -2.24. The van der Waals surface area contributed by atoms with Gasteiger partial charge in [0.05, 0.1) is 5.69 Å². The summed E-state index contributed by atoms with van der Waals surface area (Å²) in [4.78, 5) is 4.74. The summed E-state index contributed by atoms with van der Waals surface area (Å²) in [7, 11) is 0.464. The van der Waals surface area contributed by atoms with Crippen molar-refractivity contribution < 1.29 is 4.74 Å². The van der Waals surface area contributed by atoms with E-state index in [1.807, 2.05) is 42.6 Å². The molecule has 0 N–H and O–H groups in total. The molecule has 0 saturated heterocycles. The Kier molecular flexibility index (Phi) is 7.83. The number of hydrogen-bond donors (Lipinski definition) is 0. The number of para-hydroxylation sites is 1. The zero-order chi connectivity index (χ0) is 24.8. The molecular weight excluding hydrogens is 445 g/mol. The molecule has 4 aromatic carbocycles. The van der Waals surface area contributed by atoms with E-state index in [2.05, 4.69) is 89.2 Å². The highest BCUT2D eigenvalue weighted by molar-refractivity contribution is 7.56. The Morgan fingerprint density at radius 1 is 0.800 bits per heavy atom. The third-order valence-corrected chi connectivity index (χ3v) is 7.61. The Balaban J connectivity index is 1.73. The van der Waals surface area contributed by atoms with Gasteiger partial charge in [0.15, 0.2) is 0 Å². The largest absolute Gasteiger partial charge is 0.488 e. The van der Waals surface area contributed by atoms with Crippen LogP contribution in [0.25, 0.3) is 0 Å². The van der Waals surface area contributed by atoms with Crippen LogP contribution >= 0.6 is 8.58 Å². The van der Waals surface area contributed by atoms with Crippen LogP contribution in [0.4, 0.5) is 5.69 Å². The molecule has 3 heteroatoms. The van der Waals surface area contributed by atoms with E-state index in [1.54, 1.807) is 0 Å². The number of nitrogens with zero attached hydrogens (tertiary/aromatic N) is 1. The highest BCUT2D eigenvalue weighted by atomic mass is 31.1. The van der Waals surface area contributed by atoms with Crippen molar-refractivity contribution in [2.24, 2.45) is 4.99 Å². The molecule has 0 aliphatic carbocycles. The van der Waals surface area contributed by atoms with Crippen LogP contribution in [0.15, 0.2) is 96.0 Å². The van der Waals surface area contributed by atoms with Gasteiger partial charge in [-0.25, -0.2) is 0 Å². The van der Waals surface area contributed by atoms with E-state index in [0.717, 1.165) is 17.0 Å². The zero-order valence-corrected chi connectivity index (χ0v) is 22.3. The quantitative estimate of drug-likeness (QED) is 0.198. The minimum atomic E-state index is 0.0608. The lowest BCUT2D eigenvalue weighted by molar-refractivity contribution is 0.306. The number of benzene rings is 4. The summed E-state index contributed by atoms with van der Waals surface area (Å²) in [5, 5.41) is 2.55. The first-order chi connectivity index (χ1) is 16.8. The number of hydrogen-bond acceptors (Lipinski definition) is 2. The van der Waals surface area contributed by atoms with Gasteiger partial charge in [0.25, 0.3) is 0 Å². The van der Waals surface area contributed by atoms with Gasteiger partial charge in [-0.3, -0.25) is 4.99 Å². The van der Waals surface area contributed by atoms with E-state index in [9.17, 15) is 0 Å². The lowest BCUT2D eigenvalue weighted by Crippen LogP contribution is -2.19. The third kappa shape index (κ3) is 6.47. The summed E-state index contributed by atoms with van der Waals surface area (Å²) >= 11 is 0. The molecule has 4 rings (SSSR count). The van der Waals surface area contributed by atoms with Crippen molar-refractivity contribution in [2.45, 2.75) is 46.6 Å². The molecular formula is C32H34NOP. The van der Waals surface area contributed by atoms with Crippen molar-refractivity contribution in [3.05, 3.63) is 119 Å². The van der Waals surface area contributed by atoms with Crippen molar-refractivity contribution >= 4 is 31.1 Å². The van der Waals surface area contributed by atoms with Crippen LogP contribution in [0.2, 0.25) is 0 Å². The smallest absolute Gasteiger partial charge is 0.130 e. The topological polar surface area (TPSA) is 21.6 Å². The van der Waals surface area contributed by atoms with Crippen molar-refractivity contribution in [3.8, 4) is 5.75 Å². The van der Waals surface area contributed by atoms with Gasteiger partial charge in [-0.15, -0.1) is 0 Å². The molecule has 0 aliphatic rings. The zero-order valence-electron chi connectivity index (χ0n) is 21.3. The predicted molar refractivity (Wildman–Crippen MR) is 153 cm³/mol. The molecule has 0 saturated carbocycles. The van der Waals surface area contributed by atoms with Gasteiger partial charge in [0.2, 0.25) is 0 Å². The van der Waals surface area contributed by atoms with Gasteiger partial charge in [0.1, 0.15) is 12.4 Å². The minimum Gasteiger partial charge on any atom is -0.488 e. The summed E-state index contributed by atoms with van der Waals surface area (Å²) in [5.41, 5.74) is 7.13. The van der Waals surface area contributed by atoms with Crippen LogP contribution in [-0.4, -0.2) is 6.21 Å². The van der Waals surface area contributed by atoms with Crippen LogP contribution in [0.3, 0.4) is 0 Å². The molecule has 4 aromatic rings. The first kappa shape index (κ1) is 24.9. The molecule has 0 aliphatic heterocycles. The molecule has 35 heavy (non-hydrogen) atoms. The molecule has 0 heterocycles. The Labute approximate surface area is 211 Å². The van der Waals surface area contributed by atoms with Crippen LogP contribution in [-0.2, 0) is 12.0 Å². The van der Waals surface area contributed by atoms with Gasteiger partial charge < -0.3 is 4.74 Å². The van der Waals surface area contributed by atoms with Crippen LogP contribution in [0, 0.1) is 13.8 Å². The summed E-state index contributed by atoms with van der Waals surface area (Å²) in [6.45, 7) is 11.7. The maximum absolute atomic E-state index is 6.48. The third-order valence-electron chi connectivity index (χ3n) is 6.04. The maximum Gasteiger partial charge on any atom is 0.130 e. The Bertz CT molecular complexity index is 1300. The molecule has 1 unspecified atom stereocenters. The van der Waals surface area contributed by atoms with Gasteiger partial charge in [-0.05, 0) is 65.0 Å². The molecule has 0 aromatic heterocycles. The first-order valence-electron chi connectivity index (χ1n) is 12.1. The van der Waals surface area contributed by atoms with Crippen molar-refractivity contribution in [1.82, 2.24) is 0 Å². The molecule has 0 radical (unpaired) electrons. The molecule has 1 atom stereocenters. The predicted octanol–water partition coefficient (Wildman–Crippen LogP) is 7.56.